The van der Waals surface area contributed by atoms with Crippen LogP contribution in [0.15, 0.2) is 0 Å². The molecule has 0 bridgehead atoms. The molecular formula is C7H14O8S. The average Bonchev–Trinajstić information content (AvgIpc) is 2.21. The zero-order valence-electron chi connectivity index (χ0n) is 8.42. The third-order valence-electron chi connectivity index (χ3n) is 1.68. The average molecular weight is 258 g/mol. The van der Waals surface area contributed by atoms with E-state index < -0.39 is 41.1 Å². The molecule has 0 saturated carbocycles. The highest BCUT2D eigenvalue weighted by molar-refractivity contribution is 7.86. The van der Waals surface area contributed by atoms with Gasteiger partial charge in [0.25, 0.3) is 10.1 Å². The van der Waals surface area contributed by atoms with E-state index in [1.54, 1.807) is 0 Å². The van der Waals surface area contributed by atoms with Crippen molar-refractivity contribution in [2.75, 3.05) is 12.9 Å². The van der Waals surface area contributed by atoms with Gasteiger partial charge in [-0.2, -0.15) is 8.42 Å². The molecular weight excluding hydrogens is 244 g/mol. The highest BCUT2D eigenvalue weighted by Crippen LogP contribution is 2.11. The van der Waals surface area contributed by atoms with Crippen LogP contribution in [-0.2, 0) is 19.1 Å². The van der Waals surface area contributed by atoms with E-state index in [0.29, 0.717) is 6.26 Å². The quantitative estimate of drug-likeness (QED) is 0.273. The summed E-state index contributed by atoms with van der Waals surface area (Å²) in [7, 11) is -4.04. The van der Waals surface area contributed by atoms with Gasteiger partial charge in [-0.1, -0.05) is 0 Å². The first-order valence-corrected chi connectivity index (χ1v) is 6.03. The van der Waals surface area contributed by atoms with Gasteiger partial charge in [-0.05, 0) is 0 Å². The van der Waals surface area contributed by atoms with Gasteiger partial charge < -0.3 is 25.2 Å². The molecule has 0 aliphatic heterocycles. The van der Waals surface area contributed by atoms with Gasteiger partial charge in [-0.3, -0.25) is 4.18 Å². The minimum atomic E-state index is -4.04. The normalized spacial score (nSPS) is 19.8. The molecule has 0 aromatic rings. The number of aldehydes is 1. The van der Waals surface area contributed by atoms with Gasteiger partial charge in [0, 0.05) is 0 Å². The summed E-state index contributed by atoms with van der Waals surface area (Å²) >= 11 is 0. The van der Waals surface area contributed by atoms with E-state index in [-0.39, 0.29) is 6.29 Å². The first kappa shape index (κ1) is 15.4. The largest absolute Gasteiger partial charge is 0.394 e. The highest BCUT2D eigenvalue weighted by Gasteiger charge is 2.35. The Morgan fingerprint density at radius 2 is 1.81 bits per heavy atom. The van der Waals surface area contributed by atoms with Crippen molar-refractivity contribution in [2.24, 2.45) is 0 Å². The van der Waals surface area contributed by atoms with Crippen LogP contribution in [0.1, 0.15) is 0 Å². The topological polar surface area (TPSA) is 141 Å². The number of aliphatic hydroxyl groups excluding tert-OH is 4. The van der Waals surface area contributed by atoms with Gasteiger partial charge in [-0.15, -0.1) is 0 Å². The second kappa shape index (κ2) is 6.23. The number of rotatable bonds is 7. The Morgan fingerprint density at radius 1 is 1.31 bits per heavy atom. The molecule has 0 fully saturated rings. The molecule has 0 radical (unpaired) electrons. The molecule has 0 unspecified atom stereocenters. The Balaban J connectivity index is 4.87. The Hall–Kier alpha value is -0.580. The molecule has 0 heterocycles. The third-order valence-corrected chi connectivity index (χ3v) is 2.25. The summed E-state index contributed by atoms with van der Waals surface area (Å²) in [5.41, 5.74) is 0. The Morgan fingerprint density at radius 3 is 2.12 bits per heavy atom. The molecule has 8 nitrogen and oxygen atoms in total. The minimum absolute atomic E-state index is 0.0524. The first-order chi connectivity index (χ1) is 7.22. The lowest BCUT2D eigenvalue weighted by atomic mass is 10.0. The van der Waals surface area contributed by atoms with Crippen LogP contribution in [0.5, 0.6) is 0 Å². The Kier molecular flexibility index (Phi) is 6.00. The van der Waals surface area contributed by atoms with Gasteiger partial charge in [0.15, 0.2) is 6.29 Å². The van der Waals surface area contributed by atoms with Gasteiger partial charge >= 0.3 is 0 Å². The van der Waals surface area contributed by atoms with E-state index in [2.05, 4.69) is 4.18 Å². The van der Waals surface area contributed by atoms with Crippen molar-refractivity contribution in [1.29, 1.82) is 0 Å². The van der Waals surface area contributed by atoms with Gasteiger partial charge in [0.2, 0.25) is 0 Å². The van der Waals surface area contributed by atoms with Gasteiger partial charge in [0.1, 0.15) is 24.4 Å². The van der Waals surface area contributed by atoms with Crippen molar-refractivity contribution in [2.45, 2.75) is 24.4 Å². The lowest BCUT2D eigenvalue weighted by molar-refractivity contribution is -0.131. The van der Waals surface area contributed by atoms with Crippen LogP contribution in [0.25, 0.3) is 0 Å². The molecule has 0 saturated heterocycles. The fraction of sp³-hybridized carbons (Fsp3) is 0.857. The summed E-state index contributed by atoms with van der Waals surface area (Å²) in [5, 5.41) is 36.0. The summed E-state index contributed by atoms with van der Waals surface area (Å²) < 4.78 is 25.8. The first-order valence-electron chi connectivity index (χ1n) is 4.21. The van der Waals surface area contributed by atoms with Crippen molar-refractivity contribution in [1.82, 2.24) is 0 Å². The molecule has 4 N–H and O–H groups in total. The molecule has 96 valence electrons. The minimum Gasteiger partial charge on any atom is -0.394 e. The van der Waals surface area contributed by atoms with E-state index in [1.807, 2.05) is 0 Å². The highest BCUT2D eigenvalue weighted by atomic mass is 32.2. The zero-order chi connectivity index (χ0) is 12.9. The summed E-state index contributed by atoms with van der Waals surface area (Å²) in [6.07, 6.45) is -6.86. The molecule has 0 aromatic carbocycles. The summed E-state index contributed by atoms with van der Waals surface area (Å²) in [6, 6.07) is 0. The fourth-order valence-corrected chi connectivity index (χ4v) is 1.55. The smallest absolute Gasteiger partial charge is 0.264 e. The number of aliphatic hydroxyl groups is 4. The van der Waals surface area contributed by atoms with Crippen LogP contribution in [0.4, 0.5) is 0 Å². The molecule has 9 heteroatoms. The van der Waals surface area contributed by atoms with Crippen molar-refractivity contribution >= 4 is 16.4 Å². The second-order valence-corrected chi connectivity index (χ2v) is 4.73. The molecule has 0 rings (SSSR count). The van der Waals surface area contributed by atoms with Crippen LogP contribution in [0, 0.1) is 0 Å². The summed E-state index contributed by atoms with van der Waals surface area (Å²) in [4.78, 5) is 10.3. The number of hydrogen-bond acceptors (Lipinski definition) is 8. The maximum atomic E-state index is 10.8. The maximum Gasteiger partial charge on any atom is 0.264 e. The monoisotopic (exact) mass is 258 g/mol. The molecule has 0 amide bonds. The van der Waals surface area contributed by atoms with Crippen LogP contribution in [0.3, 0.4) is 0 Å². The Bertz CT molecular complexity index is 312. The van der Waals surface area contributed by atoms with Crippen molar-refractivity contribution < 1.29 is 37.8 Å². The van der Waals surface area contributed by atoms with Crippen molar-refractivity contribution in [3.63, 3.8) is 0 Å². The van der Waals surface area contributed by atoms with Crippen LogP contribution < -0.4 is 0 Å². The summed E-state index contributed by atoms with van der Waals surface area (Å²) in [5.74, 6) is 0. The molecule has 0 aliphatic rings. The molecule has 16 heavy (non-hydrogen) atoms. The number of carbonyl (C=O) groups excluding carboxylic acids is 1. The number of hydrogen-bond donors (Lipinski definition) is 4. The standard InChI is InChI=1S/C7H14O8S/c1-16(13,14)15-7(5(11)3-9)6(12)4(10)2-8/h3-8,10-12H,2H2,1H3/t4-,5-,6+,7+/m0/s1. The van der Waals surface area contributed by atoms with E-state index in [0.717, 1.165) is 0 Å². The van der Waals surface area contributed by atoms with E-state index >= 15 is 0 Å². The molecule has 0 aliphatic carbocycles. The van der Waals surface area contributed by atoms with Crippen LogP contribution in [0.2, 0.25) is 0 Å². The zero-order valence-corrected chi connectivity index (χ0v) is 9.24. The second-order valence-electron chi connectivity index (χ2n) is 3.13. The fourth-order valence-electron chi connectivity index (χ4n) is 0.922. The predicted octanol–water partition coefficient (Wildman–Crippen LogP) is -3.39. The SMILES string of the molecule is CS(=O)(=O)O[C@@H]([C@H](O)[C@@H](O)CO)[C@@H](O)C=O. The predicted molar refractivity (Wildman–Crippen MR) is 50.9 cm³/mol. The van der Waals surface area contributed by atoms with E-state index in [9.17, 15) is 18.3 Å². The lowest BCUT2D eigenvalue weighted by Gasteiger charge is -2.26. The Labute approximate surface area is 92.2 Å². The van der Waals surface area contributed by atoms with Crippen LogP contribution in [-0.4, -0.2) is 72.4 Å². The van der Waals surface area contributed by atoms with Crippen molar-refractivity contribution in [3.8, 4) is 0 Å². The number of carbonyl (C=O) groups is 1. The lowest BCUT2D eigenvalue weighted by Crippen LogP contribution is -2.48. The van der Waals surface area contributed by atoms with Crippen LogP contribution >= 0.6 is 0 Å². The van der Waals surface area contributed by atoms with E-state index in [1.165, 1.54) is 0 Å². The van der Waals surface area contributed by atoms with Crippen molar-refractivity contribution in [3.05, 3.63) is 0 Å². The van der Waals surface area contributed by atoms with Gasteiger partial charge in [0.05, 0.1) is 12.9 Å². The maximum absolute atomic E-state index is 10.8. The third kappa shape index (κ3) is 4.96. The molecule has 4 atom stereocenters. The van der Waals surface area contributed by atoms with Gasteiger partial charge in [-0.25, -0.2) is 0 Å². The van der Waals surface area contributed by atoms with E-state index in [4.69, 9.17) is 15.3 Å². The molecule has 0 aromatic heterocycles. The molecule has 0 spiro atoms. The summed E-state index contributed by atoms with van der Waals surface area (Å²) in [6.45, 7) is -0.879.